The zero-order valence-corrected chi connectivity index (χ0v) is 13.4. The largest absolute Gasteiger partial charge is 0.419 e. The average Bonchev–Trinajstić information content (AvgIpc) is 2.57. The fourth-order valence-corrected chi connectivity index (χ4v) is 2.38. The Balaban J connectivity index is 1.96. The van der Waals surface area contributed by atoms with Crippen molar-refractivity contribution in [1.82, 2.24) is 19.7 Å². The van der Waals surface area contributed by atoms with Crippen LogP contribution in [0.3, 0.4) is 0 Å². The van der Waals surface area contributed by atoms with Gasteiger partial charge in [-0.15, -0.1) is 5.10 Å². The molecule has 0 spiro atoms. The molecule has 0 saturated carbocycles. The van der Waals surface area contributed by atoms with Gasteiger partial charge in [-0.1, -0.05) is 30.0 Å². The van der Waals surface area contributed by atoms with Crippen LogP contribution in [0, 0.1) is 6.92 Å². The average molecular weight is 326 g/mol. The summed E-state index contributed by atoms with van der Waals surface area (Å²) in [5.41, 5.74) is 1.24. The molecule has 23 heavy (non-hydrogen) atoms. The highest BCUT2D eigenvalue weighted by atomic mass is 32.2. The number of ether oxygens (including phenoxy) is 1. The molecule has 3 rings (SSSR count). The molecular formula is C16H14N4O2S. The predicted octanol–water partition coefficient (Wildman–Crippen LogP) is 2.85. The van der Waals surface area contributed by atoms with Gasteiger partial charge >= 0.3 is 0 Å². The van der Waals surface area contributed by atoms with Crippen LogP contribution in [-0.2, 0) is 0 Å². The molecule has 0 aliphatic heterocycles. The first-order valence-corrected chi connectivity index (χ1v) is 8.11. The number of hydrogen-bond donors (Lipinski definition) is 0. The summed E-state index contributed by atoms with van der Waals surface area (Å²) in [6.45, 7) is 1.87. The molecule has 0 N–H and O–H groups in total. The third-order valence-electron chi connectivity index (χ3n) is 2.98. The molecule has 116 valence electrons. The molecule has 0 atom stereocenters. The van der Waals surface area contributed by atoms with Crippen molar-refractivity contribution in [2.45, 2.75) is 12.1 Å². The number of hydrogen-bond acceptors (Lipinski definition) is 6. The maximum atomic E-state index is 12.0. The van der Waals surface area contributed by atoms with E-state index in [-0.39, 0.29) is 5.56 Å². The maximum Gasteiger partial charge on any atom is 0.271 e. The van der Waals surface area contributed by atoms with E-state index in [9.17, 15) is 4.79 Å². The van der Waals surface area contributed by atoms with E-state index in [0.29, 0.717) is 22.6 Å². The molecule has 0 bridgehead atoms. The van der Waals surface area contributed by atoms with E-state index in [1.807, 2.05) is 31.4 Å². The normalized spacial score (nSPS) is 10.5. The van der Waals surface area contributed by atoms with Crippen molar-refractivity contribution < 1.29 is 4.74 Å². The molecule has 0 amide bonds. The molecule has 0 aliphatic carbocycles. The first kappa shape index (κ1) is 15.2. The highest BCUT2D eigenvalue weighted by Gasteiger charge is 2.07. The van der Waals surface area contributed by atoms with Crippen LogP contribution in [0.1, 0.15) is 5.69 Å². The molecule has 3 aromatic rings. The SMILES string of the molecule is CSc1nc(C)cc(Oc2ccc(=O)n(-c3ccccc3)n2)n1. The van der Waals surface area contributed by atoms with Gasteiger partial charge in [-0.25, -0.2) is 4.98 Å². The van der Waals surface area contributed by atoms with Crippen molar-refractivity contribution in [2.75, 3.05) is 6.26 Å². The minimum Gasteiger partial charge on any atom is -0.419 e. The fraction of sp³-hybridized carbons (Fsp3) is 0.125. The summed E-state index contributed by atoms with van der Waals surface area (Å²) in [5, 5.41) is 4.86. The second kappa shape index (κ2) is 6.62. The van der Waals surface area contributed by atoms with E-state index in [0.717, 1.165) is 5.69 Å². The third kappa shape index (κ3) is 3.57. The number of thioether (sulfide) groups is 1. The van der Waals surface area contributed by atoms with Crippen LogP contribution in [0.4, 0.5) is 0 Å². The van der Waals surface area contributed by atoms with Crippen LogP contribution in [0.25, 0.3) is 5.69 Å². The Morgan fingerprint density at radius 1 is 1.04 bits per heavy atom. The Labute approximate surface area is 137 Å². The zero-order chi connectivity index (χ0) is 16.2. The lowest BCUT2D eigenvalue weighted by Crippen LogP contribution is -2.20. The minimum atomic E-state index is -0.229. The quantitative estimate of drug-likeness (QED) is 0.542. The van der Waals surface area contributed by atoms with Crippen LogP contribution < -0.4 is 10.3 Å². The van der Waals surface area contributed by atoms with Gasteiger partial charge in [-0.05, 0) is 25.3 Å². The number of aromatic nitrogens is 4. The lowest BCUT2D eigenvalue weighted by Gasteiger charge is -2.08. The highest BCUT2D eigenvalue weighted by Crippen LogP contribution is 2.20. The minimum absolute atomic E-state index is 0.229. The van der Waals surface area contributed by atoms with E-state index in [1.165, 1.54) is 28.6 Å². The maximum absolute atomic E-state index is 12.0. The number of nitrogens with zero attached hydrogens (tertiary/aromatic N) is 4. The van der Waals surface area contributed by atoms with E-state index in [4.69, 9.17) is 4.74 Å². The molecule has 0 radical (unpaired) electrons. The first-order chi connectivity index (χ1) is 11.2. The third-order valence-corrected chi connectivity index (χ3v) is 3.53. The van der Waals surface area contributed by atoms with Crippen molar-refractivity contribution in [1.29, 1.82) is 0 Å². The molecular weight excluding hydrogens is 312 g/mol. The second-order valence-corrected chi connectivity index (χ2v) is 5.47. The molecule has 6 nitrogen and oxygen atoms in total. The summed E-state index contributed by atoms with van der Waals surface area (Å²) in [6, 6.07) is 13.8. The lowest BCUT2D eigenvalue weighted by molar-refractivity contribution is 0.423. The van der Waals surface area contributed by atoms with Crippen LogP contribution in [0.5, 0.6) is 11.8 Å². The zero-order valence-electron chi connectivity index (χ0n) is 12.6. The molecule has 7 heteroatoms. The topological polar surface area (TPSA) is 69.9 Å². The van der Waals surface area contributed by atoms with E-state index in [2.05, 4.69) is 15.1 Å². The van der Waals surface area contributed by atoms with Crippen molar-refractivity contribution in [3.63, 3.8) is 0 Å². The standard InChI is InChI=1S/C16H14N4O2S/c1-11-10-14(18-16(17-11)23-2)22-13-8-9-15(21)20(19-13)12-6-4-3-5-7-12/h3-10H,1-2H3. The van der Waals surface area contributed by atoms with Gasteiger partial charge in [0.25, 0.3) is 5.56 Å². The number of aryl methyl sites for hydroxylation is 1. The smallest absolute Gasteiger partial charge is 0.271 e. The molecule has 0 saturated heterocycles. The fourth-order valence-electron chi connectivity index (χ4n) is 1.97. The van der Waals surface area contributed by atoms with Crippen molar-refractivity contribution in [3.05, 3.63) is 64.6 Å². The molecule has 2 aromatic heterocycles. The van der Waals surface area contributed by atoms with Crippen molar-refractivity contribution >= 4 is 11.8 Å². The van der Waals surface area contributed by atoms with E-state index in [1.54, 1.807) is 18.2 Å². The van der Waals surface area contributed by atoms with Gasteiger partial charge in [0.15, 0.2) is 5.16 Å². The summed E-state index contributed by atoms with van der Waals surface area (Å²) in [4.78, 5) is 20.5. The molecule has 2 heterocycles. The second-order valence-electron chi connectivity index (χ2n) is 4.69. The summed E-state index contributed by atoms with van der Waals surface area (Å²) in [7, 11) is 0. The molecule has 0 fully saturated rings. The summed E-state index contributed by atoms with van der Waals surface area (Å²) in [5.74, 6) is 0.686. The Morgan fingerprint density at radius 3 is 2.57 bits per heavy atom. The van der Waals surface area contributed by atoms with Gasteiger partial charge in [0.05, 0.1) is 5.69 Å². The molecule has 0 unspecified atom stereocenters. The van der Waals surface area contributed by atoms with Crippen LogP contribution in [0.15, 0.2) is 58.5 Å². The monoisotopic (exact) mass is 326 g/mol. The van der Waals surface area contributed by atoms with Gasteiger partial charge in [-0.2, -0.15) is 9.67 Å². The summed E-state index contributed by atoms with van der Waals surface area (Å²) < 4.78 is 6.97. The van der Waals surface area contributed by atoms with E-state index < -0.39 is 0 Å². The first-order valence-electron chi connectivity index (χ1n) is 6.89. The number of para-hydroxylation sites is 1. The molecule has 1 aromatic carbocycles. The predicted molar refractivity (Wildman–Crippen MR) is 88.5 cm³/mol. The van der Waals surface area contributed by atoms with Crippen molar-refractivity contribution in [2.24, 2.45) is 0 Å². The van der Waals surface area contributed by atoms with Gasteiger partial charge in [0.1, 0.15) is 0 Å². The Kier molecular flexibility index (Phi) is 4.38. The van der Waals surface area contributed by atoms with Crippen LogP contribution in [0.2, 0.25) is 0 Å². The summed E-state index contributed by atoms with van der Waals surface area (Å²) in [6.07, 6.45) is 1.90. The van der Waals surface area contributed by atoms with Gasteiger partial charge in [0, 0.05) is 23.9 Å². The van der Waals surface area contributed by atoms with E-state index >= 15 is 0 Å². The summed E-state index contributed by atoms with van der Waals surface area (Å²) >= 11 is 1.43. The van der Waals surface area contributed by atoms with Gasteiger partial charge < -0.3 is 4.74 Å². The Morgan fingerprint density at radius 2 is 1.83 bits per heavy atom. The van der Waals surface area contributed by atoms with Crippen LogP contribution >= 0.6 is 11.8 Å². The number of benzene rings is 1. The Hall–Kier alpha value is -2.67. The Bertz CT molecular complexity index is 881. The lowest BCUT2D eigenvalue weighted by atomic mass is 10.3. The number of rotatable bonds is 4. The highest BCUT2D eigenvalue weighted by molar-refractivity contribution is 7.98. The van der Waals surface area contributed by atoms with Crippen LogP contribution in [-0.4, -0.2) is 26.0 Å². The van der Waals surface area contributed by atoms with Crippen molar-refractivity contribution in [3.8, 4) is 17.4 Å². The van der Waals surface area contributed by atoms with Gasteiger partial charge in [0.2, 0.25) is 11.8 Å². The molecule has 0 aliphatic rings. The van der Waals surface area contributed by atoms with Gasteiger partial charge in [-0.3, -0.25) is 4.79 Å².